The van der Waals surface area contributed by atoms with Crippen LogP contribution >= 0.6 is 0 Å². The highest BCUT2D eigenvalue weighted by molar-refractivity contribution is 5.78. The van der Waals surface area contributed by atoms with E-state index in [4.69, 9.17) is 9.53 Å². The molecular weight excluding hydrogens is 328 g/mol. The molecule has 1 aromatic carbocycles. The van der Waals surface area contributed by atoms with Crippen LogP contribution in [-0.2, 0) is 19.7 Å². The van der Waals surface area contributed by atoms with Crippen LogP contribution in [0.15, 0.2) is 73.9 Å². The first-order valence-electron chi connectivity index (χ1n) is 8.36. The second-order valence-corrected chi connectivity index (χ2v) is 5.96. The van der Waals surface area contributed by atoms with Gasteiger partial charge in [-0.15, -0.1) is 6.58 Å². The molecule has 1 aliphatic rings. The molecule has 0 saturated heterocycles. The number of fused-ring (bicyclic) bond motifs is 1. The van der Waals surface area contributed by atoms with Gasteiger partial charge in [-0.1, -0.05) is 61.7 Å². The Morgan fingerprint density at radius 3 is 2.54 bits per heavy atom. The van der Waals surface area contributed by atoms with Gasteiger partial charge in [0.1, 0.15) is 6.79 Å². The number of hydrogen-bond donors (Lipinski definition) is 1. The smallest absolute Gasteiger partial charge is 0.310 e. The summed E-state index contributed by atoms with van der Waals surface area (Å²) in [5.74, 6) is -1.26. The highest BCUT2D eigenvalue weighted by atomic mass is 16.5. The van der Waals surface area contributed by atoms with E-state index < -0.39 is 17.3 Å². The Balaban J connectivity index is 0.00000163. The molecule has 2 atom stereocenters. The van der Waals surface area contributed by atoms with Gasteiger partial charge in [0.05, 0.1) is 19.1 Å². The Morgan fingerprint density at radius 1 is 1.27 bits per heavy atom. The molecule has 0 bridgehead atoms. The van der Waals surface area contributed by atoms with Crippen molar-refractivity contribution in [2.24, 2.45) is 0 Å². The van der Waals surface area contributed by atoms with E-state index in [9.17, 15) is 9.90 Å². The fourth-order valence-corrected chi connectivity index (χ4v) is 3.57. The standard InChI is InChI=1S/C21H24O3.CH2O/c1-4-9-16(6-3)21(15-24-14-5-2)13-12-18(20(22)23)17-10-7-8-11-19(17)21;1-2/h4-11,18H,1-3,12-15H2,(H,22,23);1H2/b16-9+;/t18-,21+;/m0./s1. The minimum Gasteiger partial charge on any atom is -0.481 e. The van der Waals surface area contributed by atoms with Gasteiger partial charge >= 0.3 is 5.97 Å². The lowest BCUT2D eigenvalue weighted by Gasteiger charge is -2.42. The molecule has 26 heavy (non-hydrogen) atoms. The van der Waals surface area contributed by atoms with Crippen LogP contribution in [0.2, 0.25) is 0 Å². The summed E-state index contributed by atoms with van der Waals surface area (Å²) >= 11 is 0. The number of carbonyl (C=O) groups is 2. The third-order valence-electron chi connectivity index (χ3n) is 4.66. The molecule has 4 heteroatoms. The van der Waals surface area contributed by atoms with E-state index in [2.05, 4.69) is 19.7 Å². The average molecular weight is 354 g/mol. The van der Waals surface area contributed by atoms with Crippen LogP contribution in [0.4, 0.5) is 0 Å². The monoisotopic (exact) mass is 354 g/mol. The van der Waals surface area contributed by atoms with Gasteiger partial charge in [0.2, 0.25) is 0 Å². The van der Waals surface area contributed by atoms with E-state index in [1.54, 1.807) is 12.2 Å². The third-order valence-corrected chi connectivity index (χ3v) is 4.66. The molecule has 0 aliphatic heterocycles. The average Bonchev–Trinajstić information content (AvgIpc) is 2.67. The van der Waals surface area contributed by atoms with Gasteiger partial charge in [0, 0.05) is 5.41 Å². The molecule has 0 fully saturated rings. The van der Waals surface area contributed by atoms with Gasteiger partial charge in [0.15, 0.2) is 0 Å². The molecule has 4 nitrogen and oxygen atoms in total. The summed E-state index contributed by atoms with van der Waals surface area (Å²) in [4.78, 5) is 19.7. The van der Waals surface area contributed by atoms with E-state index >= 15 is 0 Å². The van der Waals surface area contributed by atoms with Crippen LogP contribution in [0, 0.1) is 0 Å². The van der Waals surface area contributed by atoms with Crippen molar-refractivity contribution in [3.8, 4) is 0 Å². The Morgan fingerprint density at radius 2 is 1.96 bits per heavy atom. The number of carboxylic acid groups (broad SMARTS) is 1. The van der Waals surface area contributed by atoms with Crippen LogP contribution in [0.1, 0.15) is 29.9 Å². The topological polar surface area (TPSA) is 63.6 Å². The molecule has 0 unspecified atom stereocenters. The number of hydrogen-bond acceptors (Lipinski definition) is 3. The summed E-state index contributed by atoms with van der Waals surface area (Å²) in [6.45, 7) is 14.3. The first kappa shape index (κ1) is 21.3. The lowest BCUT2D eigenvalue weighted by molar-refractivity contribution is -0.139. The zero-order valence-electron chi connectivity index (χ0n) is 15.0. The van der Waals surface area contributed by atoms with E-state index in [0.717, 1.165) is 16.7 Å². The summed E-state index contributed by atoms with van der Waals surface area (Å²) in [6, 6.07) is 7.74. The summed E-state index contributed by atoms with van der Waals surface area (Å²) < 4.78 is 5.82. The predicted molar refractivity (Wildman–Crippen MR) is 104 cm³/mol. The molecule has 0 saturated carbocycles. The normalized spacial score (nSPS) is 21.5. The Labute approximate surface area is 155 Å². The quantitative estimate of drug-likeness (QED) is 0.432. The molecular formula is C22H26O4. The summed E-state index contributed by atoms with van der Waals surface area (Å²) in [6.07, 6.45) is 8.44. The minimum atomic E-state index is -0.782. The fraction of sp³-hybridized carbons (Fsp3) is 0.273. The molecule has 1 N–H and O–H groups in total. The van der Waals surface area contributed by atoms with E-state index in [0.29, 0.717) is 26.1 Å². The molecule has 0 radical (unpaired) electrons. The Bertz CT molecular complexity index is 689. The zero-order valence-corrected chi connectivity index (χ0v) is 15.0. The van der Waals surface area contributed by atoms with Gasteiger partial charge in [-0.25, -0.2) is 0 Å². The first-order chi connectivity index (χ1) is 12.6. The number of aliphatic carboxylic acids is 1. The van der Waals surface area contributed by atoms with Gasteiger partial charge in [-0.3, -0.25) is 4.79 Å². The number of ether oxygens (including phenoxy) is 1. The highest BCUT2D eigenvalue weighted by Crippen LogP contribution is 2.47. The van der Waals surface area contributed by atoms with Crippen molar-refractivity contribution in [1.29, 1.82) is 0 Å². The lowest BCUT2D eigenvalue weighted by Crippen LogP contribution is -2.39. The van der Waals surface area contributed by atoms with Crippen molar-refractivity contribution in [2.45, 2.75) is 24.2 Å². The van der Waals surface area contributed by atoms with Crippen LogP contribution in [-0.4, -0.2) is 31.1 Å². The maximum Gasteiger partial charge on any atom is 0.310 e. The third kappa shape index (κ3) is 4.27. The number of rotatable bonds is 8. The number of benzene rings is 1. The second kappa shape index (κ2) is 10.3. The zero-order chi connectivity index (χ0) is 19.6. The number of allylic oxidation sites excluding steroid dienone is 3. The lowest BCUT2D eigenvalue weighted by atomic mass is 9.63. The van der Waals surface area contributed by atoms with Crippen molar-refractivity contribution >= 4 is 12.8 Å². The van der Waals surface area contributed by atoms with Gasteiger partial charge in [-0.2, -0.15) is 0 Å². The van der Waals surface area contributed by atoms with E-state index in [1.807, 2.05) is 43.2 Å². The first-order valence-corrected chi connectivity index (χ1v) is 8.36. The molecule has 0 aromatic heterocycles. The van der Waals surface area contributed by atoms with Crippen LogP contribution in [0.3, 0.4) is 0 Å². The number of carboxylic acids is 1. The van der Waals surface area contributed by atoms with Crippen molar-refractivity contribution < 1.29 is 19.4 Å². The molecule has 1 aliphatic carbocycles. The van der Waals surface area contributed by atoms with Crippen molar-refractivity contribution in [2.75, 3.05) is 13.2 Å². The Kier molecular flexibility index (Phi) is 8.46. The number of carbonyl (C=O) groups excluding carboxylic acids is 1. The van der Waals surface area contributed by atoms with Crippen LogP contribution < -0.4 is 0 Å². The molecule has 138 valence electrons. The molecule has 0 spiro atoms. The molecule has 0 amide bonds. The second-order valence-electron chi connectivity index (χ2n) is 5.96. The van der Waals surface area contributed by atoms with Crippen molar-refractivity contribution in [1.82, 2.24) is 0 Å². The Hall–Kier alpha value is -2.72. The predicted octanol–water partition coefficient (Wildman–Crippen LogP) is 4.20. The van der Waals surface area contributed by atoms with Gasteiger partial charge in [-0.05, 0) is 29.5 Å². The highest BCUT2D eigenvalue weighted by Gasteiger charge is 2.43. The SMILES string of the molecule is C=C/C=C(\C=C)[C@]1(COCC=C)CC[C@H](C(=O)O)c2ccccc21.C=O. The van der Waals surface area contributed by atoms with Gasteiger partial charge < -0.3 is 14.6 Å². The molecule has 0 heterocycles. The summed E-state index contributed by atoms with van der Waals surface area (Å²) in [5, 5.41) is 9.57. The van der Waals surface area contributed by atoms with E-state index in [-0.39, 0.29) is 0 Å². The van der Waals surface area contributed by atoms with Gasteiger partial charge in [0.25, 0.3) is 0 Å². The fourth-order valence-electron chi connectivity index (χ4n) is 3.57. The minimum absolute atomic E-state index is 0.415. The largest absolute Gasteiger partial charge is 0.481 e. The van der Waals surface area contributed by atoms with Crippen molar-refractivity contribution in [3.63, 3.8) is 0 Å². The molecule has 2 rings (SSSR count). The summed E-state index contributed by atoms with van der Waals surface area (Å²) in [5.41, 5.74) is 2.44. The van der Waals surface area contributed by atoms with Crippen LogP contribution in [0.5, 0.6) is 0 Å². The maximum absolute atomic E-state index is 11.7. The molecule has 1 aromatic rings. The summed E-state index contributed by atoms with van der Waals surface area (Å²) in [7, 11) is 0. The van der Waals surface area contributed by atoms with Crippen molar-refractivity contribution in [3.05, 3.63) is 85.0 Å². The maximum atomic E-state index is 11.7. The van der Waals surface area contributed by atoms with Crippen LogP contribution in [0.25, 0.3) is 0 Å². The van der Waals surface area contributed by atoms with E-state index in [1.165, 1.54) is 0 Å².